The van der Waals surface area contributed by atoms with Gasteiger partial charge in [0.15, 0.2) is 4.77 Å². The SMILES string of the molecule is COc1ccc(-c2[nH]c(=S)[nH]c(=O)c2Cc2c(O)ccc3ccccc23)cc1. The average molecular weight is 390 g/mol. The van der Waals surface area contributed by atoms with Crippen LogP contribution in [0.2, 0.25) is 0 Å². The minimum atomic E-state index is -0.276. The Kier molecular flexibility index (Phi) is 4.71. The highest BCUT2D eigenvalue weighted by atomic mass is 32.1. The van der Waals surface area contributed by atoms with Gasteiger partial charge in [0.2, 0.25) is 0 Å². The number of aromatic hydroxyl groups is 1. The number of benzene rings is 3. The Labute approximate surface area is 166 Å². The zero-order valence-electron chi connectivity index (χ0n) is 15.2. The van der Waals surface area contributed by atoms with Gasteiger partial charge in [0.1, 0.15) is 11.5 Å². The zero-order chi connectivity index (χ0) is 19.7. The zero-order valence-corrected chi connectivity index (χ0v) is 16.0. The van der Waals surface area contributed by atoms with Crippen molar-refractivity contribution >= 4 is 23.0 Å². The summed E-state index contributed by atoms with van der Waals surface area (Å²) in [5.74, 6) is 0.877. The van der Waals surface area contributed by atoms with E-state index in [0.29, 0.717) is 16.8 Å². The molecule has 0 spiro atoms. The number of methoxy groups -OCH3 is 1. The molecule has 140 valence electrons. The Bertz CT molecular complexity index is 1270. The molecule has 3 N–H and O–H groups in total. The third-order valence-electron chi connectivity index (χ3n) is 4.79. The fraction of sp³-hybridized carbons (Fsp3) is 0.0909. The van der Waals surface area contributed by atoms with Crippen LogP contribution in [0.15, 0.2) is 65.5 Å². The molecule has 0 saturated heterocycles. The van der Waals surface area contributed by atoms with Crippen LogP contribution in [0.3, 0.4) is 0 Å². The second-order valence-corrected chi connectivity index (χ2v) is 6.86. The molecule has 3 aromatic carbocycles. The first-order chi connectivity index (χ1) is 13.6. The lowest BCUT2D eigenvalue weighted by Gasteiger charge is -2.13. The molecule has 5 nitrogen and oxygen atoms in total. The van der Waals surface area contributed by atoms with E-state index < -0.39 is 0 Å². The Balaban J connectivity index is 1.90. The fourth-order valence-electron chi connectivity index (χ4n) is 3.37. The summed E-state index contributed by atoms with van der Waals surface area (Å²) in [6.45, 7) is 0. The summed E-state index contributed by atoms with van der Waals surface area (Å²) in [6.07, 6.45) is 0.260. The van der Waals surface area contributed by atoms with Crippen LogP contribution in [0.1, 0.15) is 11.1 Å². The number of aromatic amines is 2. The molecule has 4 rings (SSSR count). The highest BCUT2D eigenvalue weighted by molar-refractivity contribution is 7.71. The summed E-state index contributed by atoms with van der Waals surface area (Å²) in [7, 11) is 1.60. The molecule has 0 atom stereocenters. The van der Waals surface area contributed by atoms with Crippen LogP contribution in [0, 0.1) is 4.77 Å². The summed E-state index contributed by atoms with van der Waals surface area (Å²) < 4.78 is 5.46. The van der Waals surface area contributed by atoms with Crippen LogP contribution in [-0.4, -0.2) is 22.2 Å². The molecule has 0 aliphatic carbocycles. The Morgan fingerprint density at radius 2 is 1.71 bits per heavy atom. The van der Waals surface area contributed by atoms with E-state index in [1.165, 1.54) is 0 Å². The molecule has 28 heavy (non-hydrogen) atoms. The smallest absolute Gasteiger partial charge is 0.255 e. The molecule has 6 heteroatoms. The topological polar surface area (TPSA) is 78.1 Å². The third-order valence-corrected chi connectivity index (χ3v) is 4.99. The van der Waals surface area contributed by atoms with Crippen LogP contribution < -0.4 is 10.3 Å². The molecule has 0 saturated carbocycles. The van der Waals surface area contributed by atoms with E-state index >= 15 is 0 Å². The molecule has 0 unspecified atom stereocenters. The molecular formula is C22H18N2O3S. The third kappa shape index (κ3) is 3.30. The molecule has 0 fully saturated rings. The second-order valence-electron chi connectivity index (χ2n) is 6.45. The average Bonchev–Trinajstić information content (AvgIpc) is 2.71. The molecule has 0 bridgehead atoms. The minimum Gasteiger partial charge on any atom is -0.508 e. The number of fused-ring (bicyclic) bond motifs is 1. The predicted octanol–water partition coefficient (Wildman–Crippen LogP) is 4.56. The van der Waals surface area contributed by atoms with E-state index in [4.69, 9.17) is 17.0 Å². The van der Waals surface area contributed by atoms with E-state index in [1.807, 2.05) is 54.6 Å². The maximum Gasteiger partial charge on any atom is 0.255 e. The first-order valence-corrected chi connectivity index (χ1v) is 9.17. The number of phenolic OH excluding ortho intramolecular Hbond substituents is 1. The normalized spacial score (nSPS) is 10.9. The number of ether oxygens (including phenoxy) is 1. The maximum absolute atomic E-state index is 12.8. The van der Waals surface area contributed by atoms with Crippen molar-refractivity contribution in [2.45, 2.75) is 6.42 Å². The maximum atomic E-state index is 12.8. The first-order valence-electron chi connectivity index (χ1n) is 8.76. The van der Waals surface area contributed by atoms with E-state index in [9.17, 15) is 9.90 Å². The van der Waals surface area contributed by atoms with Gasteiger partial charge in [0.05, 0.1) is 12.8 Å². The van der Waals surface area contributed by atoms with Gasteiger partial charge >= 0.3 is 0 Å². The molecule has 0 aliphatic heterocycles. The van der Waals surface area contributed by atoms with Crippen LogP contribution in [-0.2, 0) is 6.42 Å². The van der Waals surface area contributed by atoms with Gasteiger partial charge in [0, 0.05) is 17.5 Å². The van der Waals surface area contributed by atoms with Crippen molar-refractivity contribution in [2.75, 3.05) is 7.11 Å². The van der Waals surface area contributed by atoms with Crippen molar-refractivity contribution < 1.29 is 9.84 Å². The highest BCUT2D eigenvalue weighted by Gasteiger charge is 2.15. The lowest BCUT2D eigenvalue weighted by Crippen LogP contribution is -2.16. The largest absolute Gasteiger partial charge is 0.508 e. The van der Waals surface area contributed by atoms with Gasteiger partial charge in [0.25, 0.3) is 5.56 Å². The van der Waals surface area contributed by atoms with E-state index in [1.54, 1.807) is 13.2 Å². The fourth-order valence-corrected chi connectivity index (χ4v) is 3.57. The highest BCUT2D eigenvalue weighted by Crippen LogP contribution is 2.31. The van der Waals surface area contributed by atoms with Crippen molar-refractivity contribution in [3.8, 4) is 22.8 Å². The van der Waals surface area contributed by atoms with Gasteiger partial charge in [-0.15, -0.1) is 0 Å². The van der Waals surface area contributed by atoms with Gasteiger partial charge in [-0.05, 0) is 58.9 Å². The Morgan fingerprint density at radius 1 is 0.964 bits per heavy atom. The Hall–Kier alpha value is -3.38. The number of hydrogen-bond acceptors (Lipinski definition) is 4. The number of rotatable bonds is 4. The quantitative estimate of drug-likeness (QED) is 0.447. The molecule has 1 heterocycles. The molecule has 0 aliphatic rings. The summed E-state index contributed by atoms with van der Waals surface area (Å²) in [4.78, 5) is 18.5. The lowest BCUT2D eigenvalue weighted by atomic mass is 9.95. The van der Waals surface area contributed by atoms with Crippen molar-refractivity contribution in [1.29, 1.82) is 0 Å². The predicted molar refractivity (Wildman–Crippen MR) is 113 cm³/mol. The van der Waals surface area contributed by atoms with E-state index in [-0.39, 0.29) is 22.5 Å². The van der Waals surface area contributed by atoms with Crippen molar-refractivity contribution in [2.24, 2.45) is 0 Å². The number of aromatic nitrogens is 2. The second kappa shape index (κ2) is 7.32. The summed E-state index contributed by atoms with van der Waals surface area (Å²) in [5.41, 5.74) is 2.37. The van der Waals surface area contributed by atoms with Crippen LogP contribution >= 0.6 is 12.2 Å². The van der Waals surface area contributed by atoms with Gasteiger partial charge in [-0.3, -0.25) is 9.78 Å². The molecule has 0 amide bonds. The van der Waals surface area contributed by atoms with E-state index in [2.05, 4.69) is 9.97 Å². The molecule has 0 radical (unpaired) electrons. The summed E-state index contributed by atoms with van der Waals surface area (Å²) in [6, 6.07) is 18.7. The van der Waals surface area contributed by atoms with Gasteiger partial charge < -0.3 is 14.8 Å². The van der Waals surface area contributed by atoms with Crippen LogP contribution in [0.4, 0.5) is 0 Å². The number of hydrogen-bond donors (Lipinski definition) is 3. The van der Waals surface area contributed by atoms with Gasteiger partial charge in [-0.1, -0.05) is 30.3 Å². The monoisotopic (exact) mass is 390 g/mol. The minimum absolute atomic E-state index is 0.154. The van der Waals surface area contributed by atoms with Crippen LogP contribution in [0.25, 0.3) is 22.0 Å². The number of phenols is 1. The van der Waals surface area contributed by atoms with E-state index in [0.717, 1.165) is 22.1 Å². The first kappa shape index (κ1) is 18.0. The Morgan fingerprint density at radius 3 is 2.46 bits per heavy atom. The summed E-state index contributed by atoms with van der Waals surface area (Å²) >= 11 is 5.18. The van der Waals surface area contributed by atoms with Gasteiger partial charge in [-0.2, -0.15) is 0 Å². The number of H-pyrrole nitrogens is 2. The van der Waals surface area contributed by atoms with Crippen LogP contribution in [0.5, 0.6) is 11.5 Å². The molecule has 4 aromatic rings. The van der Waals surface area contributed by atoms with Gasteiger partial charge in [-0.25, -0.2) is 0 Å². The molecule has 1 aromatic heterocycles. The standard InChI is InChI=1S/C22H18N2O3S/c1-27-15-9-6-14(7-10-15)20-18(21(26)24-22(28)23-20)12-17-16-5-3-2-4-13(16)8-11-19(17)25/h2-11,25H,12H2,1H3,(H2,23,24,26,28). The summed E-state index contributed by atoms with van der Waals surface area (Å²) in [5, 5.41) is 12.4. The van der Waals surface area contributed by atoms with Crippen molar-refractivity contribution in [3.05, 3.63) is 86.9 Å². The lowest BCUT2D eigenvalue weighted by molar-refractivity contribution is 0.415. The van der Waals surface area contributed by atoms with Crippen molar-refractivity contribution in [1.82, 2.24) is 9.97 Å². The van der Waals surface area contributed by atoms with Crippen molar-refractivity contribution in [3.63, 3.8) is 0 Å². The molecular weight excluding hydrogens is 372 g/mol. The number of nitrogens with one attached hydrogen (secondary N) is 2.